The van der Waals surface area contributed by atoms with E-state index in [1.54, 1.807) is 0 Å². The van der Waals surface area contributed by atoms with Gasteiger partial charge < -0.3 is 15.8 Å². The molecule has 0 bridgehead atoms. The molecule has 2 unspecified atom stereocenters. The van der Waals surface area contributed by atoms with Gasteiger partial charge in [-0.3, -0.25) is 4.79 Å². The van der Waals surface area contributed by atoms with Gasteiger partial charge in [0.1, 0.15) is 0 Å². The second-order valence-corrected chi connectivity index (χ2v) is 6.33. The number of amides is 1. The Balaban J connectivity index is 1.85. The molecule has 0 spiro atoms. The van der Waals surface area contributed by atoms with E-state index in [1.807, 2.05) is 0 Å². The van der Waals surface area contributed by atoms with E-state index in [0.29, 0.717) is 25.7 Å². The summed E-state index contributed by atoms with van der Waals surface area (Å²) in [6.07, 6.45) is 6.72. The van der Waals surface area contributed by atoms with E-state index in [9.17, 15) is 4.79 Å². The number of nitrogens with two attached hydrogens (primary N) is 1. The summed E-state index contributed by atoms with van der Waals surface area (Å²) in [6, 6.07) is 0. The molecule has 1 saturated carbocycles. The van der Waals surface area contributed by atoms with Crippen LogP contribution in [0.5, 0.6) is 0 Å². The van der Waals surface area contributed by atoms with Crippen molar-refractivity contribution in [3.05, 3.63) is 0 Å². The summed E-state index contributed by atoms with van der Waals surface area (Å²) in [7, 11) is 0. The molecule has 1 amide bonds. The summed E-state index contributed by atoms with van der Waals surface area (Å²) in [4.78, 5) is 12.5. The number of carbonyl (C=O) groups is 1. The third-order valence-corrected chi connectivity index (χ3v) is 5.14. The lowest BCUT2D eigenvalue weighted by atomic mass is 9.78. The number of ether oxygens (including phenoxy) is 1. The molecule has 3 N–H and O–H groups in total. The summed E-state index contributed by atoms with van der Waals surface area (Å²) in [5.41, 5.74) is 5.48. The molecule has 0 radical (unpaired) electrons. The van der Waals surface area contributed by atoms with Gasteiger partial charge in [-0.05, 0) is 31.1 Å². The molecule has 1 aliphatic carbocycles. The molecule has 1 saturated heterocycles. The first-order valence-electron chi connectivity index (χ1n) is 7.74. The van der Waals surface area contributed by atoms with Crippen molar-refractivity contribution in [1.29, 1.82) is 0 Å². The average molecular weight is 268 g/mol. The topological polar surface area (TPSA) is 64.4 Å². The molecule has 19 heavy (non-hydrogen) atoms. The van der Waals surface area contributed by atoms with Gasteiger partial charge in [0.25, 0.3) is 0 Å². The van der Waals surface area contributed by atoms with Gasteiger partial charge in [-0.1, -0.05) is 26.2 Å². The van der Waals surface area contributed by atoms with Crippen molar-refractivity contribution in [2.24, 2.45) is 23.0 Å². The zero-order valence-corrected chi connectivity index (χ0v) is 12.1. The van der Waals surface area contributed by atoms with Gasteiger partial charge in [0.2, 0.25) is 5.91 Å². The van der Waals surface area contributed by atoms with Gasteiger partial charge in [0.15, 0.2) is 0 Å². The molecule has 2 rings (SSSR count). The number of hydrogen-bond donors (Lipinski definition) is 2. The molecule has 4 heteroatoms. The highest BCUT2D eigenvalue weighted by Crippen LogP contribution is 2.31. The SMILES string of the molecule is CC1CCCCC1CNC(=O)C1(CN)CCOCC1. The van der Waals surface area contributed by atoms with Crippen LogP contribution in [0.3, 0.4) is 0 Å². The maximum absolute atomic E-state index is 12.5. The monoisotopic (exact) mass is 268 g/mol. The predicted molar refractivity (Wildman–Crippen MR) is 75.7 cm³/mol. The maximum atomic E-state index is 12.5. The first kappa shape index (κ1) is 14.8. The quantitative estimate of drug-likeness (QED) is 0.815. The number of nitrogens with one attached hydrogen (secondary N) is 1. The fourth-order valence-electron chi connectivity index (χ4n) is 3.39. The molecule has 0 aromatic carbocycles. The molecule has 2 atom stereocenters. The van der Waals surface area contributed by atoms with E-state index in [4.69, 9.17) is 10.5 Å². The van der Waals surface area contributed by atoms with E-state index in [0.717, 1.165) is 25.3 Å². The Morgan fingerprint density at radius 2 is 2.00 bits per heavy atom. The zero-order valence-electron chi connectivity index (χ0n) is 12.1. The van der Waals surface area contributed by atoms with E-state index in [1.165, 1.54) is 25.7 Å². The summed E-state index contributed by atoms with van der Waals surface area (Å²) in [5, 5.41) is 3.17. The third kappa shape index (κ3) is 3.48. The Hall–Kier alpha value is -0.610. The van der Waals surface area contributed by atoms with E-state index >= 15 is 0 Å². The van der Waals surface area contributed by atoms with Crippen molar-refractivity contribution in [2.45, 2.75) is 45.4 Å². The van der Waals surface area contributed by atoms with Crippen LogP contribution in [-0.2, 0) is 9.53 Å². The van der Waals surface area contributed by atoms with E-state index < -0.39 is 0 Å². The van der Waals surface area contributed by atoms with Crippen LogP contribution in [0.15, 0.2) is 0 Å². The Labute approximate surface area is 116 Å². The molecule has 1 heterocycles. The van der Waals surface area contributed by atoms with Gasteiger partial charge in [-0.15, -0.1) is 0 Å². The number of rotatable bonds is 4. The molecule has 110 valence electrons. The summed E-state index contributed by atoms with van der Waals surface area (Å²) >= 11 is 0. The van der Waals surface area contributed by atoms with Gasteiger partial charge in [0, 0.05) is 26.3 Å². The second-order valence-electron chi connectivity index (χ2n) is 6.33. The lowest BCUT2D eigenvalue weighted by molar-refractivity contribution is -0.136. The minimum absolute atomic E-state index is 0.149. The van der Waals surface area contributed by atoms with E-state index in [2.05, 4.69) is 12.2 Å². The highest BCUT2D eigenvalue weighted by molar-refractivity contribution is 5.83. The van der Waals surface area contributed by atoms with Crippen molar-refractivity contribution in [3.8, 4) is 0 Å². The Kier molecular flexibility index (Phi) is 5.22. The van der Waals surface area contributed by atoms with Crippen molar-refractivity contribution in [1.82, 2.24) is 5.32 Å². The molecule has 1 aliphatic heterocycles. The van der Waals surface area contributed by atoms with E-state index in [-0.39, 0.29) is 11.3 Å². The molecule has 4 nitrogen and oxygen atoms in total. The van der Waals surface area contributed by atoms with Crippen molar-refractivity contribution in [3.63, 3.8) is 0 Å². The highest BCUT2D eigenvalue weighted by atomic mass is 16.5. The average Bonchev–Trinajstić information content (AvgIpc) is 2.46. The second kappa shape index (κ2) is 6.71. The lowest BCUT2D eigenvalue weighted by Crippen LogP contribution is -2.50. The van der Waals surface area contributed by atoms with Gasteiger partial charge in [0.05, 0.1) is 5.41 Å². The number of carbonyl (C=O) groups excluding carboxylic acids is 1. The summed E-state index contributed by atoms with van der Waals surface area (Å²) in [6.45, 7) is 4.88. The largest absolute Gasteiger partial charge is 0.381 e. The Bertz CT molecular complexity index is 301. The van der Waals surface area contributed by atoms with Gasteiger partial charge >= 0.3 is 0 Å². The van der Waals surface area contributed by atoms with Crippen molar-refractivity contribution in [2.75, 3.05) is 26.3 Å². The Morgan fingerprint density at radius 1 is 1.32 bits per heavy atom. The lowest BCUT2D eigenvalue weighted by Gasteiger charge is -2.36. The minimum Gasteiger partial charge on any atom is -0.381 e. The maximum Gasteiger partial charge on any atom is 0.227 e. The van der Waals surface area contributed by atoms with Crippen LogP contribution in [0.2, 0.25) is 0 Å². The first-order valence-corrected chi connectivity index (χ1v) is 7.74. The standard InChI is InChI=1S/C15H28N2O2/c1-12-4-2-3-5-13(12)10-17-14(18)15(11-16)6-8-19-9-7-15/h12-13H,2-11,16H2,1H3,(H,17,18). The number of hydrogen-bond acceptors (Lipinski definition) is 3. The first-order chi connectivity index (χ1) is 9.18. The van der Waals surface area contributed by atoms with Crippen LogP contribution in [0.1, 0.15) is 45.4 Å². The zero-order chi connectivity index (χ0) is 13.7. The normalized spacial score (nSPS) is 30.8. The predicted octanol–water partition coefficient (Wildman–Crippen LogP) is 1.68. The molecule has 0 aromatic heterocycles. The minimum atomic E-state index is -0.379. The summed E-state index contributed by atoms with van der Waals surface area (Å²) < 4.78 is 5.35. The fraction of sp³-hybridized carbons (Fsp3) is 0.933. The molecular weight excluding hydrogens is 240 g/mol. The van der Waals surface area contributed by atoms with Gasteiger partial charge in [-0.25, -0.2) is 0 Å². The molecule has 2 fully saturated rings. The fourth-order valence-corrected chi connectivity index (χ4v) is 3.39. The third-order valence-electron chi connectivity index (χ3n) is 5.14. The molecular formula is C15H28N2O2. The van der Waals surface area contributed by atoms with Crippen LogP contribution >= 0.6 is 0 Å². The summed E-state index contributed by atoms with van der Waals surface area (Å²) in [5.74, 6) is 1.53. The van der Waals surface area contributed by atoms with Crippen LogP contribution in [-0.4, -0.2) is 32.2 Å². The van der Waals surface area contributed by atoms with Crippen LogP contribution in [0.4, 0.5) is 0 Å². The van der Waals surface area contributed by atoms with Crippen LogP contribution in [0.25, 0.3) is 0 Å². The van der Waals surface area contributed by atoms with Crippen LogP contribution in [0, 0.1) is 17.3 Å². The smallest absolute Gasteiger partial charge is 0.227 e. The van der Waals surface area contributed by atoms with Gasteiger partial charge in [-0.2, -0.15) is 0 Å². The van der Waals surface area contributed by atoms with Crippen molar-refractivity contribution < 1.29 is 9.53 Å². The molecule has 0 aromatic rings. The van der Waals surface area contributed by atoms with Crippen molar-refractivity contribution >= 4 is 5.91 Å². The molecule has 2 aliphatic rings. The Morgan fingerprint density at radius 3 is 2.63 bits per heavy atom. The van der Waals surface area contributed by atoms with Crippen LogP contribution < -0.4 is 11.1 Å². The highest BCUT2D eigenvalue weighted by Gasteiger charge is 2.39.